The number of nitrogens with zero attached hydrogens (tertiary/aromatic N) is 3. The molecule has 7 nitrogen and oxygen atoms in total. The van der Waals surface area contributed by atoms with Crippen molar-refractivity contribution < 1.29 is 14.7 Å². The van der Waals surface area contributed by atoms with E-state index in [1.807, 2.05) is 79.7 Å². The summed E-state index contributed by atoms with van der Waals surface area (Å²) < 4.78 is 8.62. The van der Waals surface area contributed by atoms with Crippen molar-refractivity contribution in [2.45, 2.75) is 32.9 Å². The van der Waals surface area contributed by atoms with Gasteiger partial charge in [-0.3, -0.25) is 15.0 Å². The van der Waals surface area contributed by atoms with Gasteiger partial charge in [0.1, 0.15) is 23.7 Å². The minimum Gasteiger partial charge on any atom is -0.487 e. The summed E-state index contributed by atoms with van der Waals surface area (Å²) in [4.78, 5) is 21.4. The molecule has 3 aromatic carbocycles. The molecule has 0 aliphatic heterocycles. The van der Waals surface area contributed by atoms with Gasteiger partial charge in [-0.05, 0) is 59.9 Å². The highest BCUT2D eigenvalue weighted by molar-refractivity contribution is 5.94. The van der Waals surface area contributed by atoms with Gasteiger partial charge in [-0.15, -0.1) is 0 Å². The van der Waals surface area contributed by atoms with Crippen LogP contribution in [0.1, 0.15) is 33.8 Å². The van der Waals surface area contributed by atoms with E-state index in [9.17, 15) is 4.79 Å². The minimum absolute atomic E-state index is 0.382. The number of imidazole rings is 1. The third-order valence-electron chi connectivity index (χ3n) is 6.64. The highest BCUT2D eigenvalue weighted by atomic mass is 16.5. The number of hydrogen-bond donors (Lipinski definition) is 2. The van der Waals surface area contributed by atoms with Crippen LogP contribution in [0.4, 0.5) is 0 Å². The van der Waals surface area contributed by atoms with Crippen molar-refractivity contribution in [3.8, 4) is 5.75 Å². The summed E-state index contributed by atoms with van der Waals surface area (Å²) in [5.41, 5.74) is 8.25. The van der Waals surface area contributed by atoms with Crippen molar-refractivity contribution in [2.75, 3.05) is 0 Å². The summed E-state index contributed by atoms with van der Waals surface area (Å²) in [6, 6.07) is 28.2. The molecule has 196 valence electrons. The second-order valence-corrected chi connectivity index (χ2v) is 9.29. The molecular formula is C32H30N4O3. The molecule has 0 fully saturated rings. The zero-order valence-corrected chi connectivity index (χ0v) is 21.7. The van der Waals surface area contributed by atoms with Crippen LogP contribution in [0.25, 0.3) is 17.1 Å². The molecule has 0 radical (unpaired) electrons. The SMILES string of the molecule is Cc1c(C=CC(=O)NO)cc(OCc2ccccc2)c2c1nc(CCc1ccccc1)n2Cc1ccccn1. The second-order valence-electron chi connectivity index (χ2n) is 9.29. The van der Waals surface area contributed by atoms with Gasteiger partial charge in [0, 0.05) is 18.7 Å². The maximum absolute atomic E-state index is 11.7. The fraction of sp³-hybridized carbons (Fsp3) is 0.156. The van der Waals surface area contributed by atoms with Gasteiger partial charge in [-0.1, -0.05) is 66.7 Å². The number of pyridine rings is 1. The zero-order valence-electron chi connectivity index (χ0n) is 21.7. The number of hydrogen-bond acceptors (Lipinski definition) is 5. The van der Waals surface area contributed by atoms with Crippen LogP contribution in [0.3, 0.4) is 0 Å². The highest BCUT2D eigenvalue weighted by Crippen LogP contribution is 2.34. The number of carbonyl (C=O) groups excluding carboxylic acids is 1. The Balaban J connectivity index is 1.63. The second kappa shape index (κ2) is 12.2. The van der Waals surface area contributed by atoms with E-state index in [-0.39, 0.29) is 0 Å². The number of aromatic nitrogens is 3. The number of amides is 1. The Morgan fingerprint density at radius 2 is 1.69 bits per heavy atom. The van der Waals surface area contributed by atoms with Crippen LogP contribution < -0.4 is 10.2 Å². The van der Waals surface area contributed by atoms with E-state index < -0.39 is 5.91 Å². The lowest BCUT2D eigenvalue weighted by atomic mass is 10.1. The van der Waals surface area contributed by atoms with Crippen LogP contribution in [0.15, 0.2) is 97.2 Å². The largest absolute Gasteiger partial charge is 0.487 e. The standard InChI is InChI=1S/C32H30N4O3/c1-23-26(16-18-30(37)35-38)20-28(39-22-25-12-6-3-7-13-25)32-31(23)34-29(17-15-24-10-4-2-5-11-24)36(32)21-27-14-8-9-19-33-27/h2-14,16,18-20,38H,15,17,21-22H2,1H3,(H,35,37). The summed E-state index contributed by atoms with van der Waals surface area (Å²) in [7, 11) is 0. The van der Waals surface area contributed by atoms with Crippen molar-refractivity contribution in [3.63, 3.8) is 0 Å². The lowest BCUT2D eigenvalue weighted by Gasteiger charge is -2.15. The Morgan fingerprint density at radius 1 is 0.974 bits per heavy atom. The molecule has 2 heterocycles. The first kappa shape index (κ1) is 25.9. The summed E-state index contributed by atoms with van der Waals surface area (Å²) >= 11 is 0. The molecule has 0 atom stereocenters. The molecule has 0 bridgehead atoms. The number of nitrogens with one attached hydrogen (secondary N) is 1. The Kier molecular flexibility index (Phi) is 8.09. The predicted molar refractivity (Wildman–Crippen MR) is 151 cm³/mol. The first-order chi connectivity index (χ1) is 19.1. The number of fused-ring (bicyclic) bond motifs is 1. The van der Waals surface area contributed by atoms with E-state index in [1.54, 1.807) is 17.8 Å². The first-order valence-corrected chi connectivity index (χ1v) is 12.9. The van der Waals surface area contributed by atoms with Crippen molar-refractivity contribution in [2.24, 2.45) is 0 Å². The molecule has 1 amide bonds. The minimum atomic E-state index is -0.606. The summed E-state index contributed by atoms with van der Waals surface area (Å²) in [6.07, 6.45) is 6.33. The van der Waals surface area contributed by atoms with Crippen LogP contribution >= 0.6 is 0 Å². The molecular weight excluding hydrogens is 488 g/mol. The average Bonchev–Trinajstić information content (AvgIpc) is 3.35. The predicted octanol–water partition coefficient (Wildman–Crippen LogP) is 5.67. The smallest absolute Gasteiger partial charge is 0.267 e. The third-order valence-corrected chi connectivity index (χ3v) is 6.64. The summed E-state index contributed by atoms with van der Waals surface area (Å²) in [5, 5.41) is 8.95. The van der Waals surface area contributed by atoms with Crippen molar-refractivity contribution >= 4 is 23.0 Å². The van der Waals surface area contributed by atoms with Crippen LogP contribution in [0, 0.1) is 6.92 Å². The maximum Gasteiger partial charge on any atom is 0.267 e. The molecule has 2 N–H and O–H groups in total. The zero-order chi connectivity index (χ0) is 27.0. The van der Waals surface area contributed by atoms with Crippen molar-refractivity contribution in [3.05, 3.63) is 131 Å². The fourth-order valence-electron chi connectivity index (χ4n) is 4.60. The van der Waals surface area contributed by atoms with Crippen LogP contribution in [-0.4, -0.2) is 25.6 Å². The van der Waals surface area contributed by atoms with E-state index in [0.29, 0.717) is 18.9 Å². The van der Waals surface area contributed by atoms with Gasteiger partial charge in [0.05, 0.1) is 17.8 Å². The molecule has 0 saturated heterocycles. The lowest BCUT2D eigenvalue weighted by molar-refractivity contribution is -0.124. The van der Waals surface area contributed by atoms with E-state index in [4.69, 9.17) is 14.9 Å². The number of hydroxylamine groups is 1. The van der Waals surface area contributed by atoms with Gasteiger partial charge in [0.15, 0.2) is 0 Å². The van der Waals surface area contributed by atoms with E-state index in [1.165, 1.54) is 11.6 Å². The van der Waals surface area contributed by atoms with E-state index in [2.05, 4.69) is 21.7 Å². The Hall–Kier alpha value is -4.75. The molecule has 7 heteroatoms. The molecule has 0 aliphatic rings. The van der Waals surface area contributed by atoms with Crippen LogP contribution in [0.5, 0.6) is 5.75 Å². The monoisotopic (exact) mass is 518 g/mol. The van der Waals surface area contributed by atoms with E-state index in [0.717, 1.165) is 52.1 Å². The third kappa shape index (κ3) is 6.22. The fourth-order valence-corrected chi connectivity index (χ4v) is 4.60. The van der Waals surface area contributed by atoms with Gasteiger partial charge in [-0.25, -0.2) is 10.5 Å². The molecule has 0 aliphatic carbocycles. The van der Waals surface area contributed by atoms with E-state index >= 15 is 0 Å². The number of ether oxygens (including phenoxy) is 1. The molecule has 5 rings (SSSR count). The Bertz CT molecular complexity index is 1580. The molecule has 2 aromatic heterocycles. The average molecular weight is 519 g/mol. The number of carbonyl (C=O) groups is 1. The molecule has 0 unspecified atom stereocenters. The topological polar surface area (TPSA) is 89.3 Å². The van der Waals surface area contributed by atoms with Crippen molar-refractivity contribution in [1.29, 1.82) is 0 Å². The van der Waals surface area contributed by atoms with Crippen molar-refractivity contribution in [1.82, 2.24) is 20.0 Å². The summed E-state index contributed by atoms with van der Waals surface area (Å²) in [6.45, 7) is 2.91. The van der Waals surface area contributed by atoms with Gasteiger partial charge in [-0.2, -0.15) is 0 Å². The maximum atomic E-state index is 11.7. The molecule has 0 saturated carbocycles. The Labute approximate surface area is 227 Å². The normalized spacial score (nSPS) is 11.2. The summed E-state index contributed by atoms with van der Waals surface area (Å²) in [5.74, 6) is 0.991. The Morgan fingerprint density at radius 3 is 2.38 bits per heavy atom. The van der Waals surface area contributed by atoms with Gasteiger partial charge in [0.25, 0.3) is 5.91 Å². The number of aryl methyl sites for hydroxylation is 3. The van der Waals surface area contributed by atoms with Crippen LogP contribution in [0.2, 0.25) is 0 Å². The van der Waals surface area contributed by atoms with Gasteiger partial charge >= 0.3 is 0 Å². The first-order valence-electron chi connectivity index (χ1n) is 12.9. The van der Waals surface area contributed by atoms with Gasteiger partial charge < -0.3 is 9.30 Å². The van der Waals surface area contributed by atoms with Gasteiger partial charge in [0.2, 0.25) is 0 Å². The quantitative estimate of drug-likeness (QED) is 0.141. The molecule has 0 spiro atoms. The van der Waals surface area contributed by atoms with Crippen LogP contribution in [-0.2, 0) is 30.8 Å². The highest BCUT2D eigenvalue weighted by Gasteiger charge is 2.20. The lowest BCUT2D eigenvalue weighted by Crippen LogP contribution is -2.14. The molecule has 39 heavy (non-hydrogen) atoms. The number of rotatable bonds is 10. The number of benzene rings is 3. The molecule has 5 aromatic rings.